The lowest BCUT2D eigenvalue weighted by atomic mass is 9.76. The Balaban J connectivity index is 1.56. The highest BCUT2D eigenvalue weighted by Gasteiger charge is 2.44. The molecule has 0 amide bonds. The molecule has 1 unspecified atom stereocenters. The first-order valence-corrected chi connectivity index (χ1v) is 10.9. The quantitative estimate of drug-likeness (QED) is 0.528. The van der Waals surface area contributed by atoms with Crippen molar-refractivity contribution in [1.82, 2.24) is 15.0 Å². The largest absolute Gasteiger partial charge is 0.466 e. The summed E-state index contributed by atoms with van der Waals surface area (Å²) in [5.74, 6) is 0.564. The molecule has 1 atom stereocenters. The molecule has 162 valence electrons. The van der Waals surface area contributed by atoms with Gasteiger partial charge in [0.15, 0.2) is 0 Å². The van der Waals surface area contributed by atoms with Crippen molar-refractivity contribution in [3.05, 3.63) is 71.7 Å². The molecule has 4 rings (SSSR count). The van der Waals surface area contributed by atoms with E-state index in [1.165, 1.54) is 0 Å². The summed E-state index contributed by atoms with van der Waals surface area (Å²) in [7, 11) is 0. The van der Waals surface area contributed by atoms with Crippen LogP contribution in [0.25, 0.3) is 11.3 Å². The van der Waals surface area contributed by atoms with E-state index >= 15 is 0 Å². The number of esters is 1. The van der Waals surface area contributed by atoms with E-state index < -0.39 is 5.41 Å². The molecule has 1 aliphatic rings. The van der Waals surface area contributed by atoms with E-state index in [1.54, 1.807) is 6.20 Å². The number of pyridine rings is 1. The van der Waals surface area contributed by atoms with Gasteiger partial charge in [-0.15, -0.1) is 0 Å². The highest BCUT2D eigenvalue weighted by atomic mass is 16.5. The zero-order chi connectivity index (χ0) is 21.7. The molecular formula is C25H29N3O3. The SMILES string of the molecule is CCOC(=O)C1(Cc2cc(-c3ccccc3C)no2)CCCN(Cc2cccnc2)C1. The Morgan fingerprint density at radius 1 is 1.26 bits per heavy atom. The maximum absolute atomic E-state index is 13.1. The van der Waals surface area contributed by atoms with Crippen molar-refractivity contribution in [2.75, 3.05) is 19.7 Å². The topological polar surface area (TPSA) is 68.5 Å². The lowest BCUT2D eigenvalue weighted by Gasteiger charge is -2.40. The predicted molar refractivity (Wildman–Crippen MR) is 118 cm³/mol. The number of piperidine rings is 1. The Kier molecular flexibility index (Phi) is 6.47. The number of aryl methyl sites for hydroxylation is 1. The van der Waals surface area contributed by atoms with Gasteiger partial charge in [0.25, 0.3) is 0 Å². The molecule has 0 bridgehead atoms. The summed E-state index contributed by atoms with van der Waals surface area (Å²) >= 11 is 0. The van der Waals surface area contributed by atoms with E-state index in [0.29, 0.717) is 19.6 Å². The molecule has 0 aliphatic carbocycles. The Labute approximate surface area is 183 Å². The third kappa shape index (κ3) is 4.85. The van der Waals surface area contributed by atoms with Crippen LogP contribution < -0.4 is 0 Å². The van der Waals surface area contributed by atoms with Gasteiger partial charge < -0.3 is 9.26 Å². The first-order chi connectivity index (χ1) is 15.1. The zero-order valence-corrected chi connectivity index (χ0v) is 18.2. The van der Waals surface area contributed by atoms with Crippen molar-refractivity contribution in [1.29, 1.82) is 0 Å². The molecule has 3 aromatic rings. The van der Waals surface area contributed by atoms with Crippen molar-refractivity contribution >= 4 is 5.97 Å². The molecule has 0 radical (unpaired) electrons. The summed E-state index contributed by atoms with van der Waals surface area (Å²) in [4.78, 5) is 19.7. The summed E-state index contributed by atoms with van der Waals surface area (Å²) in [5, 5.41) is 4.29. The number of carbonyl (C=O) groups is 1. The average Bonchev–Trinajstić information content (AvgIpc) is 3.23. The van der Waals surface area contributed by atoms with Crippen LogP contribution in [0, 0.1) is 12.3 Å². The number of likely N-dealkylation sites (tertiary alicyclic amines) is 1. The van der Waals surface area contributed by atoms with Gasteiger partial charge in [0.1, 0.15) is 11.5 Å². The lowest BCUT2D eigenvalue weighted by Crippen LogP contribution is -2.49. The van der Waals surface area contributed by atoms with Crippen molar-refractivity contribution < 1.29 is 14.1 Å². The molecule has 0 N–H and O–H groups in total. The summed E-state index contributed by atoms with van der Waals surface area (Å²) in [5.41, 5.74) is 3.49. The minimum Gasteiger partial charge on any atom is -0.466 e. The molecule has 0 spiro atoms. The van der Waals surface area contributed by atoms with E-state index in [-0.39, 0.29) is 5.97 Å². The number of aromatic nitrogens is 2. The Hall–Kier alpha value is -2.99. The molecule has 1 fully saturated rings. The second kappa shape index (κ2) is 9.43. The molecule has 1 aromatic carbocycles. The molecule has 3 heterocycles. The minimum absolute atomic E-state index is 0.153. The Morgan fingerprint density at radius 3 is 2.90 bits per heavy atom. The monoisotopic (exact) mass is 419 g/mol. The Bertz CT molecular complexity index is 1020. The van der Waals surface area contributed by atoms with Crippen LogP contribution in [0.4, 0.5) is 0 Å². The van der Waals surface area contributed by atoms with Crippen LogP contribution in [0.2, 0.25) is 0 Å². The molecular weight excluding hydrogens is 390 g/mol. The van der Waals surface area contributed by atoms with E-state index in [9.17, 15) is 4.79 Å². The predicted octanol–water partition coefficient (Wildman–Crippen LogP) is 4.43. The highest BCUT2D eigenvalue weighted by molar-refractivity contribution is 5.78. The maximum Gasteiger partial charge on any atom is 0.313 e. The fourth-order valence-electron chi connectivity index (χ4n) is 4.50. The minimum atomic E-state index is -0.640. The van der Waals surface area contributed by atoms with Gasteiger partial charge in [0.2, 0.25) is 0 Å². The van der Waals surface area contributed by atoms with E-state index in [2.05, 4.69) is 34.1 Å². The normalized spacial score (nSPS) is 19.3. The third-order valence-corrected chi connectivity index (χ3v) is 5.99. The van der Waals surface area contributed by atoms with Crippen LogP contribution in [0.15, 0.2) is 59.4 Å². The van der Waals surface area contributed by atoms with Crippen LogP contribution in [0.5, 0.6) is 0 Å². The molecule has 0 saturated carbocycles. The number of ether oxygens (including phenoxy) is 1. The number of benzene rings is 1. The van der Waals surface area contributed by atoms with Gasteiger partial charge in [-0.1, -0.05) is 35.5 Å². The highest BCUT2D eigenvalue weighted by Crippen LogP contribution is 2.37. The summed E-state index contributed by atoms with van der Waals surface area (Å²) < 4.78 is 11.2. The maximum atomic E-state index is 13.1. The van der Waals surface area contributed by atoms with Gasteiger partial charge in [-0.2, -0.15) is 0 Å². The van der Waals surface area contributed by atoms with E-state index in [0.717, 1.165) is 54.1 Å². The van der Waals surface area contributed by atoms with Gasteiger partial charge in [-0.3, -0.25) is 14.7 Å². The van der Waals surface area contributed by atoms with Gasteiger partial charge in [0, 0.05) is 43.5 Å². The zero-order valence-electron chi connectivity index (χ0n) is 18.2. The third-order valence-electron chi connectivity index (χ3n) is 5.99. The van der Waals surface area contributed by atoms with Crippen molar-refractivity contribution in [3.63, 3.8) is 0 Å². The standard InChI is InChI=1S/C25H29N3O3/c1-3-30-24(29)25(11-7-13-28(18-25)17-20-9-6-12-26-16-20)15-21-14-23(27-31-21)22-10-5-4-8-19(22)2/h4-6,8-10,12,14,16H,3,7,11,13,15,17-18H2,1-2H3. The van der Waals surface area contributed by atoms with Gasteiger partial charge in [-0.25, -0.2) is 0 Å². The smallest absolute Gasteiger partial charge is 0.313 e. The molecule has 31 heavy (non-hydrogen) atoms. The second-order valence-corrected chi connectivity index (χ2v) is 8.35. The Morgan fingerprint density at radius 2 is 2.13 bits per heavy atom. The summed E-state index contributed by atoms with van der Waals surface area (Å²) in [6.07, 6.45) is 5.84. The van der Waals surface area contributed by atoms with Crippen molar-refractivity contribution in [2.45, 2.75) is 39.7 Å². The number of carbonyl (C=O) groups excluding carboxylic acids is 1. The van der Waals surface area contributed by atoms with Gasteiger partial charge in [0.05, 0.1) is 12.0 Å². The van der Waals surface area contributed by atoms with Gasteiger partial charge >= 0.3 is 5.97 Å². The second-order valence-electron chi connectivity index (χ2n) is 8.35. The molecule has 6 heteroatoms. The number of nitrogens with zero attached hydrogens (tertiary/aromatic N) is 3. The molecule has 2 aromatic heterocycles. The van der Waals surface area contributed by atoms with Crippen LogP contribution >= 0.6 is 0 Å². The summed E-state index contributed by atoms with van der Waals surface area (Å²) in [6, 6.07) is 14.1. The number of rotatable bonds is 7. The van der Waals surface area contributed by atoms with Crippen molar-refractivity contribution in [2.24, 2.45) is 5.41 Å². The number of hydrogen-bond donors (Lipinski definition) is 0. The fraction of sp³-hybridized carbons (Fsp3) is 0.400. The van der Waals surface area contributed by atoms with Crippen molar-refractivity contribution in [3.8, 4) is 11.3 Å². The summed E-state index contributed by atoms with van der Waals surface area (Å²) in [6.45, 7) is 6.61. The fourth-order valence-corrected chi connectivity index (χ4v) is 4.50. The van der Waals surface area contributed by atoms with Crippen LogP contribution in [0.3, 0.4) is 0 Å². The lowest BCUT2D eigenvalue weighted by molar-refractivity contribution is -0.159. The van der Waals surface area contributed by atoms with Gasteiger partial charge in [-0.05, 0) is 50.4 Å². The molecule has 1 aliphatic heterocycles. The van der Waals surface area contributed by atoms with Crippen LogP contribution in [-0.2, 0) is 22.5 Å². The van der Waals surface area contributed by atoms with E-state index in [4.69, 9.17) is 9.26 Å². The molecule has 6 nitrogen and oxygen atoms in total. The average molecular weight is 420 g/mol. The van der Waals surface area contributed by atoms with Crippen LogP contribution in [0.1, 0.15) is 36.7 Å². The van der Waals surface area contributed by atoms with E-state index in [1.807, 2.05) is 43.5 Å². The first kappa shape index (κ1) is 21.2. The number of hydrogen-bond acceptors (Lipinski definition) is 6. The van der Waals surface area contributed by atoms with Crippen LogP contribution in [-0.4, -0.2) is 40.7 Å². The molecule has 1 saturated heterocycles. The first-order valence-electron chi connectivity index (χ1n) is 10.9.